The molecule has 0 saturated heterocycles. The van der Waals surface area contributed by atoms with Crippen LogP contribution < -0.4 is 18.5 Å². The summed E-state index contributed by atoms with van der Waals surface area (Å²) >= 11 is 1.02. The number of ether oxygens (including phenoxy) is 3. The van der Waals surface area contributed by atoms with Crippen LogP contribution in [0.3, 0.4) is 0 Å². The zero-order valence-electron chi connectivity index (χ0n) is 25.6. The summed E-state index contributed by atoms with van der Waals surface area (Å²) in [5, 5.41) is 0.257. The van der Waals surface area contributed by atoms with Crippen LogP contribution in [0.5, 0.6) is 17.2 Å². The Morgan fingerprint density at radius 3 is 2.57 bits per heavy atom. The molecule has 2 aliphatic heterocycles. The van der Waals surface area contributed by atoms with E-state index in [2.05, 4.69) is 62.8 Å². The highest BCUT2D eigenvalue weighted by Gasteiger charge is 2.37. The molecule has 1 unspecified atom stereocenters. The van der Waals surface area contributed by atoms with Crippen molar-refractivity contribution in [1.29, 1.82) is 0 Å². The van der Waals surface area contributed by atoms with E-state index in [0.717, 1.165) is 36.5 Å². The van der Waals surface area contributed by atoms with Crippen LogP contribution in [0.4, 0.5) is 5.13 Å². The minimum atomic E-state index is -4.07. The number of sulfonamides is 1. The molecule has 3 heterocycles. The number of nitrogens with zero attached hydrogens (tertiary/aromatic N) is 4. The first-order valence-corrected chi connectivity index (χ1v) is 17.3. The normalized spacial score (nSPS) is 17.8. The molecule has 4 aromatic carbocycles. The molecule has 7 rings (SSSR count). The van der Waals surface area contributed by atoms with Gasteiger partial charge in [-0.05, 0) is 41.3 Å². The van der Waals surface area contributed by atoms with Crippen molar-refractivity contribution in [2.24, 2.45) is 0 Å². The molecule has 0 spiro atoms. The maximum absolute atomic E-state index is 14.3. The lowest BCUT2D eigenvalue weighted by molar-refractivity contribution is 0.105. The molecule has 236 valence electrons. The van der Waals surface area contributed by atoms with Crippen LogP contribution in [0.25, 0.3) is 0 Å². The topological polar surface area (TPSA) is 94.1 Å². The van der Waals surface area contributed by atoms with Crippen LogP contribution in [0, 0.1) is 0 Å². The summed E-state index contributed by atoms with van der Waals surface area (Å²) in [5.74, 6) is 1.71. The molecule has 1 aromatic heterocycles. The quantitative estimate of drug-likeness (QED) is 0.180. The van der Waals surface area contributed by atoms with Crippen molar-refractivity contribution in [3.8, 4) is 17.2 Å². The van der Waals surface area contributed by atoms with Crippen LogP contribution in [0.15, 0.2) is 102 Å². The molecule has 0 aliphatic carbocycles. The van der Waals surface area contributed by atoms with Gasteiger partial charge in [0.2, 0.25) is 5.13 Å². The van der Waals surface area contributed by atoms with Crippen molar-refractivity contribution < 1.29 is 22.6 Å². The number of methoxy groups -OCH3 is 2. The lowest BCUT2D eigenvalue weighted by Crippen LogP contribution is -2.40. The fourth-order valence-electron chi connectivity index (χ4n) is 6.58. The Bertz CT molecular complexity index is 1940. The van der Waals surface area contributed by atoms with Crippen molar-refractivity contribution >= 4 is 26.7 Å². The Labute approximate surface area is 273 Å². The lowest BCUT2D eigenvalue weighted by Gasteiger charge is -2.44. The number of anilines is 1. The Morgan fingerprint density at radius 2 is 1.78 bits per heavy atom. The molecule has 0 fully saturated rings. The van der Waals surface area contributed by atoms with E-state index in [1.807, 2.05) is 12.1 Å². The summed E-state index contributed by atoms with van der Waals surface area (Å²) in [4.78, 5) is 6.94. The van der Waals surface area contributed by atoms with E-state index in [0.29, 0.717) is 29.4 Å². The van der Waals surface area contributed by atoms with E-state index in [4.69, 9.17) is 14.2 Å². The van der Waals surface area contributed by atoms with Crippen molar-refractivity contribution in [3.63, 3.8) is 0 Å². The van der Waals surface area contributed by atoms with Crippen molar-refractivity contribution in [1.82, 2.24) is 14.3 Å². The van der Waals surface area contributed by atoms with E-state index in [1.54, 1.807) is 44.6 Å². The van der Waals surface area contributed by atoms with Gasteiger partial charge >= 0.3 is 0 Å². The number of hydrogen-bond acceptors (Lipinski definition) is 9. The van der Waals surface area contributed by atoms with Gasteiger partial charge in [0.05, 0.1) is 38.3 Å². The minimum Gasteiger partial charge on any atom is -0.497 e. The largest absolute Gasteiger partial charge is 0.497 e. The second kappa shape index (κ2) is 12.7. The first-order chi connectivity index (χ1) is 22.5. The molecular formula is C35H34N4O5S2. The van der Waals surface area contributed by atoms with Gasteiger partial charge in [0.25, 0.3) is 10.0 Å². The lowest BCUT2D eigenvalue weighted by atomic mass is 9.85. The van der Waals surface area contributed by atoms with E-state index in [1.165, 1.54) is 27.3 Å². The third-order valence-electron chi connectivity index (χ3n) is 8.79. The van der Waals surface area contributed by atoms with Gasteiger partial charge < -0.3 is 14.2 Å². The van der Waals surface area contributed by atoms with Gasteiger partial charge in [0.1, 0.15) is 23.6 Å². The Morgan fingerprint density at radius 1 is 0.957 bits per heavy atom. The number of benzene rings is 4. The zero-order valence-corrected chi connectivity index (χ0v) is 27.2. The van der Waals surface area contributed by atoms with Crippen LogP contribution in [-0.4, -0.2) is 50.0 Å². The molecule has 2 aliphatic rings. The predicted octanol–water partition coefficient (Wildman–Crippen LogP) is 6.42. The summed E-state index contributed by atoms with van der Waals surface area (Å²) in [6.07, 6.45) is 3.11. The molecule has 0 saturated carbocycles. The van der Waals surface area contributed by atoms with E-state index in [9.17, 15) is 8.42 Å². The van der Waals surface area contributed by atoms with Gasteiger partial charge in [-0.15, -0.1) is 0 Å². The number of aromatic nitrogens is 2. The molecule has 46 heavy (non-hydrogen) atoms. The minimum absolute atomic E-state index is 0.00277. The Kier molecular flexibility index (Phi) is 8.37. The van der Waals surface area contributed by atoms with E-state index < -0.39 is 10.0 Å². The molecule has 11 heteroatoms. The van der Waals surface area contributed by atoms with Gasteiger partial charge in [0.15, 0.2) is 0 Å². The van der Waals surface area contributed by atoms with E-state index >= 15 is 0 Å². The Hall–Kier alpha value is -4.45. The fraction of sp³-hybridized carbons (Fsp3) is 0.257. The third kappa shape index (κ3) is 5.59. The maximum atomic E-state index is 14.3. The molecular weight excluding hydrogens is 621 g/mol. The van der Waals surface area contributed by atoms with Gasteiger partial charge in [-0.2, -0.15) is 4.37 Å². The monoisotopic (exact) mass is 654 g/mol. The van der Waals surface area contributed by atoms with Crippen LogP contribution in [-0.2, 0) is 23.0 Å². The molecule has 5 aromatic rings. The highest BCUT2D eigenvalue weighted by Crippen LogP contribution is 2.46. The zero-order chi connectivity index (χ0) is 31.7. The smallest absolute Gasteiger partial charge is 0.266 e. The molecule has 9 nitrogen and oxygen atoms in total. The molecule has 2 atom stereocenters. The first kappa shape index (κ1) is 30.2. The predicted molar refractivity (Wildman–Crippen MR) is 177 cm³/mol. The number of hydrogen-bond donors (Lipinski definition) is 0. The second-order valence-corrected chi connectivity index (χ2v) is 13.9. The highest BCUT2D eigenvalue weighted by atomic mass is 32.2. The van der Waals surface area contributed by atoms with Gasteiger partial charge in [0, 0.05) is 53.8 Å². The first-order valence-electron chi connectivity index (χ1n) is 15.1. The Balaban J connectivity index is 1.24. The molecule has 0 amide bonds. The number of fused-ring (bicyclic) bond motifs is 2. The van der Waals surface area contributed by atoms with Gasteiger partial charge in [-0.3, -0.25) is 4.90 Å². The maximum Gasteiger partial charge on any atom is 0.266 e. The number of rotatable bonds is 9. The average Bonchev–Trinajstić information content (AvgIpc) is 3.64. The van der Waals surface area contributed by atoms with Crippen LogP contribution in [0.1, 0.15) is 46.3 Å². The summed E-state index contributed by atoms with van der Waals surface area (Å²) in [5.41, 5.74) is 5.57. The standard InChI is InChI=1S/C35H34N4O5S2/c1-42-27-13-12-26(32(20-27)43-2)22-39(35-36-23-37-45-35)46(40,41)28-14-15-30-31(17-19-44-33(30)21-28)38-18-16-24-8-6-7-11-29(24)34(38)25-9-4-3-5-10-25/h3-15,20-21,23,31,34H,16-19,22H2,1-2H3/t31?,34-/m1/s1. The summed E-state index contributed by atoms with van der Waals surface area (Å²) < 4.78 is 51.1. The highest BCUT2D eigenvalue weighted by molar-refractivity contribution is 7.93. The third-order valence-corrected chi connectivity index (χ3v) is 11.3. The summed E-state index contributed by atoms with van der Waals surface area (Å²) in [6.45, 7) is 1.37. The van der Waals surface area contributed by atoms with Crippen LogP contribution in [0.2, 0.25) is 0 Å². The van der Waals surface area contributed by atoms with Crippen LogP contribution >= 0.6 is 11.5 Å². The molecule has 0 radical (unpaired) electrons. The second-order valence-electron chi connectivity index (χ2n) is 11.3. The van der Waals surface area contributed by atoms with Gasteiger partial charge in [-0.1, -0.05) is 60.7 Å². The SMILES string of the molecule is COc1ccc(CN(c2ncns2)S(=O)(=O)c2ccc3c(c2)OCCC3N2CCc3ccccc3[C@H]2c2ccccc2)c(OC)c1. The average molecular weight is 655 g/mol. The van der Waals surface area contributed by atoms with Gasteiger partial charge in [-0.25, -0.2) is 17.7 Å². The van der Waals surface area contributed by atoms with Crippen molar-refractivity contribution in [2.75, 3.05) is 31.7 Å². The van der Waals surface area contributed by atoms with Crippen molar-refractivity contribution in [3.05, 3.63) is 125 Å². The fourth-order valence-corrected chi connectivity index (χ4v) is 8.73. The molecule has 0 N–H and O–H groups in total. The van der Waals surface area contributed by atoms with Crippen molar-refractivity contribution in [2.45, 2.75) is 36.4 Å². The molecule has 0 bridgehead atoms. The summed E-state index contributed by atoms with van der Waals surface area (Å²) in [6, 6.07) is 30.0. The van der Waals surface area contributed by atoms with E-state index in [-0.39, 0.29) is 28.7 Å². The summed E-state index contributed by atoms with van der Waals surface area (Å²) in [7, 11) is -0.957.